The summed E-state index contributed by atoms with van der Waals surface area (Å²) in [7, 11) is 0. The molecule has 8 heteroatoms. The van der Waals surface area contributed by atoms with Crippen LogP contribution in [0.1, 0.15) is 30.3 Å². The summed E-state index contributed by atoms with van der Waals surface area (Å²) < 4.78 is 7.51. The van der Waals surface area contributed by atoms with Gasteiger partial charge in [0.1, 0.15) is 18.2 Å². The number of hydrogen-bond acceptors (Lipinski definition) is 5. The molecule has 1 aromatic heterocycles. The number of nitrogens with one attached hydrogen (secondary N) is 1. The van der Waals surface area contributed by atoms with Crippen LogP contribution in [0.15, 0.2) is 48.5 Å². The van der Waals surface area contributed by atoms with Crippen molar-refractivity contribution in [2.45, 2.75) is 20.8 Å². The van der Waals surface area contributed by atoms with E-state index in [1.165, 1.54) is 0 Å². The summed E-state index contributed by atoms with van der Waals surface area (Å²) in [5, 5.41) is 7.83. The molecule has 0 fully saturated rings. The van der Waals surface area contributed by atoms with Gasteiger partial charge in [0.25, 0.3) is 5.91 Å². The second-order valence-corrected chi connectivity index (χ2v) is 7.13. The van der Waals surface area contributed by atoms with Gasteiger partial charge < -0.3 is 15.0 Å². The van der Waals surface area contributed by atoms with Gasteiger partial charge in [-0.05, 0) is 56.4 Å². The standard InChI is InChI=1S/C22H26ClN5O2/c1-4-27(5-2)14-15-30-20-9-7-6-8-19(20)25-22(29)21-24-16(3)28(26-21)18-12-10-17(23)11-13-18/h6-13H,4-5,14-15H2,1-3H3,(H,25,29). The highest BCUT2D eigenvalue weighted by Gasteiger charge is 2.17. The van der Waals surface area contributed by atoms with Crippen molar-refractivity contribution in [3.63, 3.8) is 0 Å². The van der Waals surface area contributed by atoms with Gasteiger partial charge in [-0.15, -0.1) is 5.10 Å². The van der Waals surface area contributed by atoms with Crippen molar-refractivity contribution in [1.82, 2.24) is 19.7 Å². The third-order valence-corrected chi connectivity index (χ3v) is 4.99. The largest absolute Gasteiger partial charge is 0.490 e. The Morgan fingerprint density at radius 1 is 1.13 bits per heavy atom. The smallest absolute Gasteiger partial charge is 0.295 e. The molecule has 0 saturated heterocycles. The molecule has 0 aliphatic rings. The molecule has 0 spiro atoms. The number of carbonyl (C=O) groups is 1. The molecule has 1 amide bonds. The predicted molar refractivity (Wildman–Crippen MR) is 119 cm³/mol. The average Bonchev–Trinajstić information content (AvgIpc) is 3.15. The molecule has 0 radical (unpaired) electrons. The number of benzene rings is 2. The topological polar surface area (TPSA) is 72.3 Å². The van der Waals surface area contributed by atoms with Gasteiger partial charge in [0.2, 0.25) is 5.82 Å². The van der Waals surface area contributed by atoms with Gasteiger partial charge >= 0.3 is 0 Å². The molecule has 30 heavy (non-hydrogen) atoms. The molecule has 3 aromatic rings. The molecule has 158 valence electrons. The lowest BCUT2D eigenvalue weighted by molar-refractivity contribution is 0.101. The Balaban J connectivity index is 1.71. The lowest BCUT2D eigenvalue weighted by Gasteiger charge is -2.19. The molecule has 1 heterocycles. The second-order valence-electron chi connectivity index (χ2n) is 6.70. The molecular weight excluding hydrogens is 402 g/mol. The number of aromatic nitrogens is 3. The second kappa shape index (κ2) is 10.2. The number of nitrogens with zero attached hydrogens (tertiary/aromatic N) is 4. The Bertz CT molecular complexity index is 983. The first-order chi connectivity index (χ1) is 14.5. The number of rotatable bonds is 9. The van der Waals surface area contributed by atoms with E-state index in [1.54, 1.807) is 29.8 Å². The number of carbonyl (C=O) groups excluding carboxylic acids is 1. The maximum atomic E-state index is 12.8. The van der Waals surface area contributed by atoms with E-state index < -0.39 is 5.91 Å². The number of aryl methyl sites for hydroxylation is 1. The fourth-order valence-electron chi connectivity index (χ4n) is 3.01. The van der Waals surface area contributed by atoms with Crippen molar-refractivity contribution in [3.8, 4) is 11.4 Å². The van der Waals surface area contributed by atoms with Crippen molar-refractivity contribution in [1.29, 1.82) is 0 Å². The predicted octanol–water partition coefficient (Wildman–Crippen LogP) is 4.20. The number of likely N-dealkylation sites (N-methyl/N-ethyl adjacent to an activating group) is 1. The maximum Gasteiger partial charge on any atom is 0.295 e. The van der Waals surface area contributed by atoms with E-state index in [2.05, 4.69) is 34.1 Å². The van der Waals surface area contributed by atoms with Crippen LogP contribution >= 0.6 is 11.6 Å². The summed E-state index contributed by atoms with van der Waals surface area (Å²) >= 11 is 5.95. The monoisotopic (exact) mass is 427 g/mol. The number of anilines is 1. The Kier molecular flexibility index (Phi) is 7.43. The van der Waals surface area contributed by atoms with Gasteiger partial charge in [0.05, 0.1) is 11.4 Å². The van der Waals surface area contributed by atoms with Gasteiger partial charge in [-0.25, -0.2) is 9.67 Å². The minimum atomic E-state index is -0.398. The van der Waals surface area contributed by atoms with Gasteiger partial charge in [-0.1, -0.05) is 37.6 Å². The van der Waals surface area contributed by atoms with Gasteiger partial charge in [0.15, 0.2) is 0 Å². The highest BCUT2D eigenvalue weighted by Crippen LogP contribution is 2.24. The fraction of sp³-hybridized carbons (Fsp3) is 0.318. The summed E-state index contributed by atoms with van der Waals surface area (Å²) in [4.78, 5) is 19.3. The number of halogens is 1. The van der Waals surface area contributed by atoms with Crippen LogP contribution in [0.25, 0.3) is 5.69 Å². The summed E-state index contributed by atoms with van der Waals surface area (Å²) in [6.07, 6.45) is 0. The molecule has 0 aliphatic carbocycles. The molecule has 0 unspecified atom stereocenters. The summed E-state index contributed by atoms with van der Waals surface area (Å²) in [6.45, 7) is 9.34. The van der Waals surface area contributed by atoms with E-state index in [9.17, 15) is 4.79 Å². The molecule has 1 N–H and O–H groups in total. The highest BCUT2D eigenvalue weighted by molar-refractivity contribution is 6.30. The summed E-state index contributed by atoms with van der Waals surface area (Å²) in [5.74, 6) is 0.907. The Labute approximate surface area is 181 Å². The fourth-order valence-corrected chi connectivity index (χ4v) is 3.14. The first kappa shape index (κ1) is 21.8. The minimum absolute atomic E-state index is 0.0837. The van der Waals surface area contributed by atoms with Crippen LogP contribution in [0.5, 0.6) is 5.75 Å². The Morgan fingerprint density at radius 3 is 2.53 bits per heavy atom. The molecule has 0 bridgehead atoms. The number of amides is 1. The third kappa shape index (κ3) is 5.37. The van der Waals surface area contributed by atoms with Crippen molar-refractivity contribution >= 4 is 23.2 Å². The zero-order valence-electron chi connectivity index (χ0n) is 17.4. The number of ether oxygens (including phenoxy) is 1. The highest BCUT2D eigenvalue weighted by atomic mass is 35.5. The molecule has 0 aliphatic heterocycles. The van der Waals surface area contributed by atoms with E-state index in [-0.39, 0.29) is 5.82 Å². The van der Waals surface area contributed by atoms with Crippen molar-refractivity contribution in [2.24, 2.45) is 0 Å². The normalized spacial score (nSPS) is 11.0. The molecule has 0 saturated carbocycles. The first-order valence-corrected chi connectivity index (χ1v) is 10.3. The molecule has 0 atom stereocenters. The number of para-hydroxylation sites is 2. The van der Waals surface area contributed by atoms with Crippen LogP contribution in [0, 0.1) is 6.92 Å². The molecule has 7 nitrogen and oxygen atoms in total. The Hall–Kier alpha value is -2.90. The van der Waals surface area contributed by atoms with Crippen molar-refractivity contribution in [2.75, 3.05) is 31.6 Å². The first-order valence-electron chi connectivity index (χ1n) is 9.97. The van der Waals surface area contributed by atoms with E-state index in [0.717, 1.165) is 25.3 Å². The molecular formula is C22H26ClN5O2. The van der Waals surface area contributed by atoms with Crippen LogP contribution in [-0.2, 0) is 0 Å². The average molecular weight is 428 g/mol. The van der Waals surface area contributed by atoms with Crippen molar-refractivity contribution < 1.29 is 9.53 Å². The lowest BCUT2D eigenvalue weighted by atomic mass is 10.3. The molecule has 2 aromatic carbocycles. The van der Waals surface area contributed by atoms with Crippen LogP contribution in [0.3, 0.4) is 0 Å². The van der Waals surface area contributed by atoms with Crippen LogP contribution in [0.2, 0.25) is 5.02 Å². The van der Waals surface area contributed by atoms with Gasteiger partial charge in [-0.3, -0.25) is 4.79 Å². The maximum absolute atomic E-state index is 12.8. The minimum Gasteiger partial charge on any atom is -0.490 e. The van der Waals surface area contributed by atoms with E-state index in [4.69, 9.17) is 16.3 Å². The van der Waals surface area contributed by atoms with Crippen LogP contribution in [0.4, 0.5) is 5.69 Å². The molecule has 3 rings (SSSR count). The van der Waals surface area contributed by atoms with Gasteiger partial charge in [-0.2, -0.15) is 0 Å². The van der Waals surface area contributed by atoms with E-state index in [1.807, 2.05) is 30.3 Å². The van der Waals surface area contributed by atoms with Crippen molar-refractivity contribution in [3.05, 3.63) is 65.2 Å². The third-order valence-electron chi connectivity index (χ3n) is 4.74. The van der Waals surface area contributed by atoms with Crippen LogP contribution in [-0.4, -0.2) is 51.8 Å². The summed E-state index contributed by atoms with van der Waals surface area (Å²) in [5.41, 5.74) is 1.37. The van der Waals surface area contributed by atoms with E-state index >= 15 is 0 Å². The number of hydrogen-bond donors (Lipinski definition) is 1. The Morgan fingerprint density at radius 2 is 1.83 bits per heavy atom. The zero-order valence-corrected chi connectivity index (χ0v) is 18.2. The van der Waals surface area contributed by atoms with Gasteiger partial charge in [0, 0.05) is 11.6 Å². The summed E-state index contributed by atoms with van der Waals surface area (Å²) in [6, 6.07) is 14.5. The van der Waals surface area contributed by atoms with Crippen LogP contribution < -0.4 is 10.1 Å². The quantitative estimate of drug-likeness (QED) is 0.554. The zero-order chi connectivity index (χ0) is 21.5. The van der Waals surface area contributed by atoms with E-state index in [0.29, 0.717) is 28.9 Å². The SMILES string of the molecule is CCN(CC)CCOc1ccccc1NC(=O)c1nc(C)n(-c2ccc(Cl)cc2)n1. The lowest BCUT2D eigenvalue weighted by Crippen LogP contribution is -2.28.